The summed E-state index contributed by atoms with van der Waals surface area (Å²) < 4.78 is 0. The van der Waals surface area contributed by atoms with Crippen LogP contribution in [0.15, 0.2) is 47.3 Å². The lowest BCUT2D eigenvalue weighted by Crippen LogP contribution is -2.18. The number of benzene rings is 2. The smallest absolute Gasteiger partial charge is 0.258 e. The molecule has 0 radical (unpaired) electrons. The molecule has 3 rings (SSSR count). The lowest BCUT2D eigenvalue weighted by molar-refractivity contribution is -0.113. The second-order valence-electron chi connectivity index (χ2n) is 6.63. The van der Waals surface area contributed by atoms with Crippen molar-refractivity contribution >= 4 is 34.3 Å². The van der Waals surface area contributed by atoms with Crippen LogP contribution in [0.25, 0.3) is 10.9 Å². The van der Waals surface area contributed by atoms with Crippen LogP contribution in [0.1, 0.15) is 43.0 Å². The molecule has 0 saturated heterocycles. The first-order valence-corrected chi connectivity index (χ1v) is 10.6. The molecule has 0 fully saturated rings. The number of thioether (sulfide) groups is 1. The Balaban J connectivity index is 1.69. The molecule has 0 aliphatic rings. The Morgan fingerprint density at radius 1 is 1.11 bits per heavy atom. The summed E-state index contributed by atoms with van der Waals surface area (Å²) in [5, 5.41) is 3.55. The quantitative estimate of drug-likeness (QED) is 0.618. The standard InChI is InChI=1S/C22H25N3O2S/c1-4-15-9-8-10-16(5-2)20(15)24-19(26)13-28-14(3)21-23-18-12-7-6-11-17(18)22(27)25-21/h6-12,14H,4-5,13H2,1-3H3,(H,24,26)(H,23,25,27). The minimum atomic E-state index is -0.151. The average molecular weight is 396 g/mol. The van der Waals surface area contributed by atoms with Gasteiger partial charge in [0.25, 0.3) is 5.56 Å². The summed E-state index contributed by atoms with van der Waals surface area (Å²) in [4.78, 5) is 32.2. The number of carbonyl (C=O) groups excluding carboxylic acids is 1. The van der Waals surface area contributed by atoms with Crippen molar-refractivity contribution in [1.29, 1.82) is 0 Å². The maximum Gasteiger partial charge on any atom is 0.258 e. The molecule has 3 aromatic rings. The number of amides is 1. The minimum Gasteiger partial charge on any atom is -0.325 e. The zero-order valence-corrected chi connectivity index (χ0v) is 17.2. The van der Waals surface area contributed by atoms with Crippen LogP contribution >= 0.6 is 11.8 Å². The summed E-state index contributed by atoms with van der Waals surface area (Å²) in [6.07, 6.45) is 1.74. The van der Waals surface area contributed by atoms with Crippen LogP contribution < -0.4 is 10.9 Å². The van der Waals surface area contributed by atoms with Gasteiger partial charge in [-0.15, -0.1) is 11.8 Å². The van der Waals surface area contributed by atoms with E-state index < -0.39 is 0 Å². The van der Waals surface area contributed by atoms with Crippen LogP contribution in [0.3, 0.4) is 0 Å². The summed E-state index contributed by atoms with van der Waals surface area (Å²) in [5.41, 5.74) is 3.74. The van der Waals surface area contributed by atoms with Crippen molar-refractivity contribution in [3.05, 3.63) is 69.8 Å². The SMILES string of the molecule is CCc1cccc(CC)c1NC(=O)CSC(C)c1nc2ccccc2c(=O)[nH]1. The van der Waals surface area contributed by atoms with Crippen LogP contribution in [-0.2, 0) is 17.6 Å². The molecule has 2 aromatic carbocycles. The lowest BCUT2D eigenvalue weighted by Gasteiger charge is -2.15. The van der Waals surface area contributed by atoms with Gasteiger partial charge >= 0.3 is 0 Å². The Bertz CT molecular complexity index is 1020. The predicted octanol–water partition coefficient (Wildman–Crippen LogP) is 4.48. The topological polar surface area (TPSA) is 74.8 Å². The number of hydrogen-bond donors (Lipinski definition) is 2. The molecule has 2 N–H and O–H groups in total. The molecule has 0 saturated carbocycles. The molecule has 0 aliphatic heterocycles. The molecule has 28 heavy (non-hydrogen) atoms. The summed E-state index contributed by atoms with van der Waals surface area (Å²) >= 11 is 1.46. The zero-order chi connectivity index (χ0) is 20.1. The maximum atomic E-state index is 12.5. The molecule has 1 amide bonds. The van der Waals surface area contributed by atoms with Crippen molar-refractivity contribution in [2.75, 3.05) is 11.1 Å². The molecule has 1 aromatic heterocycles. The fourth-order valence-electron chi connectivity index (χ4n) is 3.16. The highest BCUT2D eigenvalue weighted by Crippen LogP contribution is 2.27. The normalized spacial score (nSPS) is 12.1. The number of aromatic nitrogens is 2. The average Bonchev–Trinajstić information content (AvgIpc) is 2.72. The first-order chi connectivity index (χ1) is 13.5. The van der Waals surface area contributed by atoms with Gasteiger partial charge in [-0.05, 0) is 43.0 Å². The van der Waals surface area contributed by atoms with Gasteiger partial charge in [0.05, 0.1) is 21.9 Å². The number of nitrogens with one attached hydrogen (secondary N) is 2. The van der Waals surface area contributed by atoms with Gasteiger partial charge in [-0.2, -0.15) is 0 Å². The molecule has 1 unspecified atom stereocenters. The lowest BCUT2D eigenvalue weighted by atomic mass is 10.0. The molecule has 0 aliphatic carbocycles. The van der Waals surface area contributed by atoms with Crippen molar-refractivity contribution in [2.24, 2.45) is 0 Å². The third-order valence-corrected chi connectivity index (χ3v) is 5.90. The Morgan fingerprint density at radius 3 is 2.46 bits per heavy atom. The number of anilines is 1. The fraction of sp³-hybridized carbons (Fsp3) is 0.318. The summed E-state index contributed by atoms with van der Waals surface area (Å²) in [6, 6.07) is 13.4. The highest BCUT2D eigenvalue weighted by Gasteiger charge is 2.15. The number of nitrogens with zero attached hydrogens (tertiary/aromatic N) is 1. The summed E-state index contributed by atoms with van der Waals surface area (Å²) in [5.74, 6) is 0.833. The van der Waals surface area contributed by atoms with Crippen molar-refractivity contribution in [2.45, 2.75) is 38.9 Å². The number of aromatic amines is 1. The van der Waals surface area contributed by atoms with Crippen molar-refractivity contribution < 1.29 is 4.79 Å². The number of carbonyl (C=O) groups is 1. The predicted molar refractivity (Wildman–Crippen MR) is 117 cm³/mol. The number of hydrogen-bond acceptors (Lipinski definition) is 4. The first kappa shape index (κ1) is 20.1. The van der Waals surface area contributed by atoms with Crippen LogP contribution in [0.2, 0.25) is 0 Å². The molecule has 1 heterocycles. The van der Waals surface area contributed by atoms with E-state index in [2.05, 4.69) is 29.1 Å². The first-order valence-electron chi connectivity index (χ1n) is 9.54. The molecule has 6 heteroatoms. The Kier molecular flexibility index (Phi) is 6.52. The van der Waals surface area contributed by atoms with Gasteiger partial charge in [-0.25, -0.2) is 4.98 Å². The van der Waals surface area contributed by atoms with Crippen LogP contribution in [0, 0.1) is 0 Å². The third kappa shape index (κ3) is 4.44. The van der Waals surface area contributed by atoms with Crippen LogP contribution in [0.4, 0.5) is 5.69 Å². The summed E-state index contributed by atoms with van der Waals surface area (Å²) in [7, 11) is 0. The molecular weight excluding hydrogens is 370 g/mol. The molecular formula is C22H25N3O2S. The second-order valence-corrected chi connectivity index (χ2v) is 7.96. The van der Waals surface area contributed by atoms with E-state index in [0.717, 1.165) is 29.7 Å². The second kappa shape index (κ2) is 9.06. The molecule has 1 atom stereocenters. The van der Waals surface area contributed by atoms with Crippen molar-refractivity contribution in [1.82, 2.24) is 9.97 Å². The van der Waals surface area contributed by atoms with E-state index in [9.17, 15) is 9.59 Å². The Morgan fingerprint density at radius 2 is 1.79 bits per heavy atom. The van der Waals surface area contributed by atoms with Crippen LogP contribution in [0.5, 0.6) is 0 Å². The molecule has 146 valence electrons. The van der Waals surface area contributed by atoms with E-state index in [1.165, 1.54) is 11.8 Å². The van der Waals surface area contributed by atoms with Crippen molar-refractivity contribution in [3.63, 3.8) is 0 Å². The van der Waals surface area contributed by atoms with Gasteiger partial charge < -0.3 is 10.3 Å². The van der Waals surface area contributed by atoms with Gasteiger partial charge in [0.15, 0.2) is 0 Å². The largest absolute Gasteiger partial charge is 0.325 e. The van der Waals surface area contributed by atoms with Gasteiger partial charge in [0.2, 0.25) is 5.91 Å². The molecule has 5 nitrogen and oxygen atoms in total. The highest BCUT2D eigenvalue weighted by molar-refractivity contribution is 8.00. The summed E-state index contributed by atoms with van der Waals surface area (Å²) in [6.45, 7) is 6.12. The number of aryl methyl sites for hydroxylation is 2. The van der Waals surface area contributed by atoms with Gasteiger partial charge in [0.1, 0.15) is 5.82 Å². The van der Waals surface area contributed by atoms with Gasteiger partial charge in [-0.1, -0.05) is 44.2 Å². The van der Waals surface area contributed by atoms with E-state index >= 15 is 0 Å². The number of fused-ring (bicyclic) bond motifs is 1. The Hall–Kier alpha value is -2.60. The third-order valence-electron chi connectivity index (χ3n) is 4.74. The van der Waals surface area contributed by atoms with E-state index in [0.29, 0.717) is 22.5 Å². The van der Waals surface area contributed by atoms with E-state index in [1.807, 2.05) is 43.3 Å². The number of rotatable bonds is 7. The van der Waals surface area contributed by atoms with Gasteiger partial charge in [0, 0.05) is 5.69 Å². The minimum absolute atomic E-state index is 0.0458. The van der Waals surface area contributed by atoms with Crippen LogP contribution in [-0.4, -0.2) is 21.6 Å². The monoisotopic (exact) mass is 395 g/mol. The van der Waals surface area contributed by atoms with Crippen molar-refractivity contribution in [3.8, 4) is 0 Å². The van der Waals surface area contributed by atoms with Gasteiger partial charge in [-0.3, -0.25) is 9.59 Å². The molecule has 0 spiro atoms. The van der Waals surface area contributed by atoms with E-state index in [-0.39, 0.29) is 16.7 Å². The van der Waals surface area contributed by atoms with E-state index in [1.54, 1.807) is 6.07 Å². The number of para-hydroxylation sites is 2. The Labute approximate surface area is 169 Å². The molecule has 0 bridgehead atoms. The van der Waals surface area contributed by atoms with E-state index in [4.69, 9.17) is 0 Å². The maximum absolute atomic E-state index is 12.5. The zero-order valence-electron chi connectivity index (χ0n) is 16.4. The highest BCUT2D eigenvalue weighted by atomic mass is 32.2. The fourth-order valence-corrected chi connectivity index (χ4v) is 3.90. The number of H-pyrrole nitrogens is 1.